The predicted octanol–water partition coefficient (Wildman–Crippen LogP) is 3.91. The summed E-state index contributed by atoms with van der Waals surface area (Å²) in [6.45, 7) is 0. The van der Waals surface area contributed by atoms with Gasteiger partial charge in [0.25, 0.3) is 0 Å². The van der Waals surface area contributed by atoms with Gasteiger partial charge in [0.1, 0.15) is 0 Å². The van der Waals surface area contributed by atoms with E-state index in [1.807, 2.05) is 42.5 Å². The molecule has 0 saturated carbocycles. The van der Waals surface area contributed by atoms with Gasteiger partial charge in [0.2, 0.25) is 11.7 Å². The van der Waals surface area contributed by atoms with Crippen LogP contribution in [0.3, 0.4) is 0 Å². The Morgan fingerprint density at radius 2 is 1.96 bits per heavy atom. The standard InChI is InChI=1S/C19H14BrN3O4/c20-15-8-14(19(25)17(10-15)23(26)27)11-21-22-18(24)9-13-6-3-5-12-4-1-2-7-16(12)13/h1-8,10-11,25H,9H2,(H,22,24)/b21-11+. The lowest BCUT2D eigenvalue weighted by molar-refractivity contribution is -0.385. The van der Waals surface area contributed by atoms with Crippen LogP contribution in [0.2, 0.25) is 0 Å². The first-order chi connectivity index (χ1) is 13.0. The van der Waals surface area contributed by atoms with E-state index in [1.54, 1.807) is 0 Å². The van der Waals surface area contributed by atoms with Crippen LogP contribution < -0.4 is 5.43 Å². The number of benzene rings is 3. The van der Waals surface area contributed by atoms with Crippen LogP contribution in [0.1, 0.15) is 11.1 Å². The minimum Gasteiger partial charge on any atom is -0.502 e. The summed E-state index contributed by atoms with van der Waals surface area (Å²) in [6.07, 6.45) is 1.29. The van der Waals surface area contributed by atoms with Crippen molar-refractivity contribution in [2.75, 3.05) is 0 Å². The second kappa shape index (κ2) is 7.96. The third-order valence-corrected chi connectivity index (χ3v) is 4.36. The molecular weight excluding hydrogens is 414 g/mol. The summed E-state index contributed by atoms with van der Waals surface area (Å²) in [5, 5.41) is 26.7. The Kier molecular flexibility index (Phi) is 5.46. The fourth-order valence-corrected chi connectivity index (χ4v) is 3.14. The molecule has 0 heterocycles. The summed E-state index contributed by atoms with van der Waals surface area (Å²) in [7, 11) is 0. The van der Waals surface area contributed by atoms with Crippen LogP contribution in [0, 0.1) is 10.1 Å². The Balaban J connectivity index is 1.73. The molecule has 0 atom stereocenters. The number of halogens is 1. The fraction of sp³-hybridized carbons (Fsp3) is 0.0526. The molecule has 0 fully saturated rings. The number of nitrogens with one attached hydrogen (secondary N) is 1. The molecule has 0 aromatic heterocycles. The van der Waals surface area contributed by atoms with Gasteiger partial charge in [-0.05, 0) is 22.4 Å². The number of fused-ring (bicyclic) bond motifs is 1. The second-order valence-corrected chi connectivity index (χ2v) is 6.64. The molecule has 0 radical (unpaired) electrons. The molecule has 136 valence electrons. The molecule has 0 unspecified atom stereocenters. The van der Waals surface area contributed by atoms with Crippen molar-refractivity contribution in [1.82, 2.24) is 5.43 Å². The first kappa shape index (κ1) is 18.5. The third kappa shape index (κ3) is 4.29. The summed E-state index contributed by atoms with van der Waals surface area (Å²) in [4.78, 5) is 22.4. The highest BCUT2D eigenvalue weighted by atomic mass is 79.9. The van der Waals surface area contributed by atoms with Crippen LogP contribution in [-0.2, 0) is 11.2 Å². The third-order valence-electron chi connectivity index (χ3n) is 3.90. The second-order valence-electron chi connectivity index (χ2n) is 5.73. The molecule has 2 N–H and O–H groups in total. The van der Waals surface area contributed by atoms with E-state index in [9.17, 15) is 20.0 Å². The van der Waals surface area contributed by atoms with E-state index in [1.165, 1.54) is 12.1 Å². The lowest BCUT2D eigenvalue weighted by atomic mass is 10.0. The smallest absolute Gasteiger partial charge is 0.312 e. The summed E-state index contributed by atoms with van der Waals surface area (Å²) in [5.74, 6) is -0.859. The number of carbonyl (C=O) groups excluding carboxylic acids is 1. The number of phenols is 1. The molecule has 27 heavy (non-hydrogen) atoms. The maximum absolute atomic E-state index is 12.2. The molecule has 0 saturated heterocycles. The van der Waals surface area contributed by atoms with E-state index in [4.69, 9.17) is 0 Å². The van der Waals surface area contributed by atoms with Gasteiger partial charge in [0, 0.05) is 16.1 Å². The summed E-state index contributed by atoms with van der Waals surface area (Å²) in [6, 6.07) is 16.1. The zero-order chi connectivity index (χ0) is 19.4. The SMILES string of the molecule is O=C(Cc1cccc2ccccc12)N/N=C/c1cc(Br)cc([N+](=O)[O-])c1O. The number of nitro benzene ring substituents is 1. The largest absolute Gasteiger partial charge is 0.502 e. The first-order valence-corrected chi connectivity index (χ1v) is 8.70. The van der Waals surface area contributed by atoms with Crippen molar-refractivity contribution in [3.63, 3.8) is 0 Å². The monoisotopic (exact) mass is 427 g/mol. The molecule has 3 rings (SSSR count). The first-order valence-electron chi connectivity index (χ1n) is 7.91. The van der Waals surface area contributed by atoms with Gasteiger partial charge in [-0.25, -0.2) is 5.43 Å². The maximum Gasteiger partial charge on any atom is 0.312 e. The number of amides is 1. The van der Waals surface area contributed by atoms with Crippen LogP contribution in [0.25, 0.3) is 10.8 Å². The number of aromatic hydroxyl groups is 1. The zero-order valence-electron chi connectivity index (χ0n) is 13.9. The maximum atomic E-state index is 12.2. The normalized spacial score (nSPS) is 11.0. The summed E-state index contributed by atoms with van der Waals surface area (Å²) < 4.78 is 0.413. The highest BCUT2D eigenvalue weighted by Crippen LogP contribution is 2.32. The number of phenolic OH excluding ortho intramolecular Hbond substituents is 1. The van der Waals surface area contributed by atoms with E-state index < -0.39 is 16.4 Å². The van der Waals surface area contributed by atoms with Crippen LogP contribution in [0.5, 0.6) is 5.75 Å². The highest BCUT2D eigenvalue weighted by molar-refractivity contribution is 9.10. The van der Waals surface area contributed by atoms with Gasteiger partial charge < -0.3 is 5.11 Å². The minimum atomic E-state index is -0.698. The van der Waals surface area contributed by atoms with Crippen molar-refractivity contribution in [1.29, 1.82) is 0 Å². The Morgan fingerprint density at radius 1 is 1.22 bits per heavy atom. The molecule has 3 aromatic rings. The molecular formula is C19H14BrN3O4. The number of nitro groups is 1. The van der Waals surface area contributed by atoms with Crippen molar-refractivity contribution in [3.05, 3.63) is 80.3 Å². The van der Waals surface area contributed by atoms with Crippen LogP contribution in [-0.4, -0.2) is 22.2 Å². The number of hydrogen-bond acceptors (Lipinski definition) is 5. The van der Waals surface area contributed by atoms with E-state index in [-0.39, 0.29) is 17.9 Å². The Morgan fingerprint density at radius 3 is 2.74 bits per heavy atom. The van der Waals surface area contributed by atoms with Gasteiger partial charge in [-0.2, -0.15) is 5.10 Å². The minimum absolute atomic E-state index is 0.113. The average molecular weight is 428 g/mol. The van der Waals surface area contributed by atoms with Crippen LogP contribution in [0.4, 0.5) is 5.69 Å². The number of hydrazone groups is 1. The average Bonchev–Trinajstić information content (AvgIpc) is 2.64. The lowest BCUT2D eigenvalue weighted by Gasteiger charge is -2.05. The number of hydrogen-bond donors (Lipinski definition) is 2. The van der Waals surface area contributed by atoms with E-state index in [0.29, 0.717) is 4.47 Å². The molecule has 3 aromatic carbocycles. The molecule has 0 bridgehead atoms. The van der Waals surface area contributed by atoms with Crippen molar-refractivity contribution in [2.45, 2.75) is 6.42 Å². The van der Waals surface area contributed by atoms with Crippen molar-refractivity contribution < 1.29 is 14.8 Å². The van der Waals surface area contributed by atoms with E-state index in [0.717, 1.165) is 22.6 Å². The molecule has 1 amide bonds. The predicted molar refractivity (Wildman–Crippen MR) is 106 cm³/mol. The van der Waals surface area contributed by atoms with Gasteiger partial charge in [0.15, 0.2) is 0 Å². The Hall–Kier alpha value is -3.26. The van der Waals surface area contributed by atoms with Gasteiger partial charge >= 0.3 is 5.69 Å². The molecule has 0 aliphatic rings. The molecule has 0 aliphatic carbocycles. The van der Waals surface area contributed by atoms with Gasteiger partial charge in [-0.15, -0.1) is 0 Å². The van der Waals surface area contributed by atoms with Crippen LogP contribution in [0.15, 0.2) is 64.2 Å². The molecule has 8 heteroatoms. The molecule has 7 nitrogen and oxygen atoms in total. The van der Waals surface area contributed by atoms with E-state index >= 15 is 0 Å². The van der Waals surface area contributed by atoms with Gasteiger partial charge in [0.05, 0.1) is 17.6 Å². The Bertz CT molecular complexity index is 1060. The Labute approximate surface area is 162 Å². The molecule has 0 aliphatic heterocycles. The number of carbonyl (C=O) groups is 1. The van der Waals surface area contributed by atoms with Crippen molar-refractivity contribution in [3.8, 4) is 5.75 Å². The van der Waals surface area contributed by atoms with Crippen molar-refractivity contribution in [2.24, 2.45) is 5.10 Å². The van der Waals surface area contributed by atoms with Gasteiger partial charge in [-0.1, -0.05) is 58.4 Å². The highest BCUT2D eigenvalue weighted by Gasteiger charge is 2.17. The number of rotatable bonds is 5. The fourth-order valence-electron chi connectivity index (χ4n) is 2.68. The van der Waals surface area contributed by atoms with Crippen molar-refractivity contribution >= 4 is 44.5 Å². The topological polar surface area (TPSA) is 105 Å². The zero-order valence-corrected chi connectivity index (χ0v) is 15.5. The number of nitrogens with zero attached hydrogens (tertiary/aromatic N) is 2. The lowest BCUT2D eigenvalue weighted by Crippen LogP contribution is -2.19. The molecule has 0 spiro atoms. The summed E-state index contributed by atoms with van der Waals surface area (Å²) >= 11 is 3.14. The van der Waals surface area contributed by atoms with E-state index in [2.05, 4.69) is 26.5 Å². The quantitative estimate of drug-likeness (QED) is 0.365. The summed E-state index contributed by atoms with van der Waals surface area (Å²) in [5.41, 5.74) is 2.90. The van der Waals surface area contributed by atoms with Crippen LogP contribution >= 0.6 is 15.9 Å². The van der Waals surface area contributed by atoms with Gasteiger partial charge in [-0.3, -0.25) is 14.9 Å².